The van der Waals surface area contributed by atoms with Gasteiger partial charge in [0, 0.05) is 5.02 Å². The van der Waals surface area contributed by atoms with Crippen molar-refractivity contribution in [1.29, 1.82) is 0 Å². The van der Waals surface area contributed by atoms with Gasteiger partial charge in [-0.2, -0.15) is 0 Å². The molecule has 0 bridgehead atoms. The Labute approximate surface area is 144 Å². The molecule has 120 valence electrons. The number of hydrogen-bond acceptors (Lipinski definition) is 3. The van der Waals surface area contributed by atoms with Crippen LogP contribution in [-0.2, 0) is 0 Å². The van der Waals surface area contributed by atoms with Crippen LogP contribution in [-0.4, -0.2) is 11.0 Å². The van der Waals surface area contributed by atoms with Crippen LogP contribution in [0.25, 0.3) is 22.3 Å². The number of hydrogen-bond donors (Lipinski definition) is 3. The highest BCUT2D eigenvalue weighted by Crippen LogP contribution is 2.36. The van der Waals surface area contributed by atoms with E-state index in [1.807, 2.05) is 36.4 Å². The summed E-state index contributed by atoms with van der Waals surface area (Å²) in [7, 11) is 0. The number of halogens is 1. The Morgan fingerprint density at radius 2 is 1.58 bits per heavy atom. The van der Waals surface area contributed by atoms with Crippen LogP contribution >= 0.6 is 11.6 Å². The average molecular weight is 339 g/mol. The Balaban J connectivity index is 2.24. The summed E-state index contributed by atoms with van der Waals surface area (Å²) >= 11 is 5.94. The third kappa shape index (κ3) is 3.11. The van der Waals surface area contributed by atoms with Gasteiger partial charge in [0.25, 0.3) is 5.91 Å². The molecule has 4 N–H and O–H groups in total. The molecule has 0 heterocycles. The first-order valence-electron chi connectivity index (χ1n) is 7.29. The molecule has 5 heteroatoms. The summed E-state index contributed by atoms with van der Waals surface area (Å²) in [6.07, 6.45) is 0. The zero-order valence-corrected chi connectivity index (χ0v) is 13.4. The SMILES string of the molecule is NNC(=O)c1c(O)cc(-c2ccccc2)cc1-c1ccc(Cl)cc1. The van der Waals surface area contributed by atoms with Gasteiger partial charge in [0.05, 0.1) is 5.56 Å². The van der Waals surface area contributed by atoms with Crippen LogP contribution in [0.5, 0.6) is 5.75 Å². The van der Waals surface area contributed by atoms with Gasteiger partial charge in [0.2, 0.25) is 0 Å². The molecule has 0 spiro atoms. The lowest BCUT2D eigenvalue weighted by atomic mass is 9.93. The number of amides is 1. The van der Waals surface area contributed by atoms with E-state index in [1.165, 1.54) is 0 Å². The molecule has 0 saturated carbocycles. The van der Waals surface area contributed by atoms with E-state index in [4.69, 9.17) is 17.4 Å². The van der Waals surface area contributed by atoms with E-state index in [0.717, 1.165) is 16.7 Å². The lowest BCUT2D eigenvalue weighted by molar-refractivity contribution is 0.0951. The number of nitrogens with one attached hydrogen (secondary N) is 1. The number of benzene rings is 3. The zero-order valence-electron chi connectivity index (χ0n) is 12.7. The standard InChI is InChI=1S/C19H15ClN2O2/c20-15-8-6-13(7-9-15)16-10-14(12-4-2-1-3-5-12)11-17(23)18(16)19(24)22-21/h1-11,23H,21H2,(H,22,24). The first-order valence-corrected chi connectivity index (χ1v) is 7.67. The summed E-state index contributed by atoms with van der Waals surface area (Å²) in [5.41, 5.74) is 5.27. The van der Waals surface area contributed by atoms with Gasteiger partial charge < -0.3 is 5.11 Å². The third-order valence-corrected chi connectivity index (χ3v) is 3.99. The van der Waals surface area contributed by atoms with Crippen molar-refractivity contribution in [3.05, 3.63) is 77.3 Å². The molecule has 4 nitrogen and oxygen atoms in total. The monoisotopic (exact) mass is 338 g/mol. The summed E-state index contributed by atoms with van der Waals surface area (Å²) in [6.45, 7) is 0. The van der Waals surface area contributed by atoms with Gasteiger partial charge in [-0.25, -0.2) is 5.84 Å². The summed E-state index contributed by atoms with van der Waals surface area (Å²) in [5, 5.41) is 11.0. The number of hydrazine groups is 1. The molecule has 0 radical (unpaired) electrons. The van der Waals surface area contributed by atoms with Gasteiger partial charge in [-0.15, -0.1) is 0 Å². The average Bonchev–Trinajstić information content (AvgIpc) is 2.62. The topological polar surface area (TPSA) is 75.3 Å². The maximum atomic E-state index is 12.1. The lowest BCUT2D eigenvalue weighted by Gasteiger charge is -2.14. The van der Waals surface area contributed by atoms with E-state index in [1.54, 1.807) is 30.3 Å². The molecule has 0 unspecified atom stereocenters. The van der Waals surface area contributed by atoms with Crippen molar-refractivity contribution < 1.29 is 9.90 Å². The minimum absolute atomic E-state index is 0.125. The van der Waals surface area contributed by atoms with Crippen LogP contribution in [0, 0.1) is 0 Å². The third-order valence-electron chi connectivity index (χ3n) is 3.74. The van der Waals surface area contributed by atoms with E-state index < -0.39 is 5.91 Å². The minimum atomic E-state index is -0.558. The van der Waals surface area contributed by atoms with Gasteiger partial charge >= 0.3 is 0 Å². The molecule has 0 aliphatic rings. The van der Waals surface area contributed by atoms with E-state index in [-0.39, 0.29) is 11.3 Å². The van der Waals surface area contributed by atoms with Gasteiger partial charge in [-0.05, 0) is 46.5 Å². The maximum absolute atomic E-state index is 12.1. The first kappa shape index (κ1) is 16.1. The summed E-state index contributed by atoms with van der Waals surface area (Å²) < 4.78 is 0. The highest BCUT2D eigenvalue weighted by atomic mass is 35.5. The number of nitrogen functional groups attached to an aromatic ring is 1. The molecule has 1 amide bonds. The Hall–Kier alpha value is -2.82. The molecule has 3 aromatic carbocycles. The summed E-state index contributed by atoms with van der Waals surface area (Å²) in [6, 6.07) is 20.1. The Morgan fingerprint density at radius 3 is 2.21 bits per heavy atom. The van der Waals surface area contributed by atoms with Crippen molar-refractivity contribution in [2.24, 2.45) is 5.84 Å². The van der Waals surface area contributed by atoms with Gasteiger partial charge in [0.15, 0.2) is 0 Å². The second kappa shape index (κ2) is 6.74. The van der Waals surface area contributed by atoms with Crippen LogP contribution in [0.2, 0.25) is 5.02 Å². The van der Waals surface area contributed by atoms with Crippen molar-refractivity contribution in [3.63, 3.8) is 0 Å². The molecule has 0 fully saturated rings. The molecule has 3 rings (SSSR count). The number of aromatic hydroxyl groups is 1. The lowest BCUT2D eigenvalue weighted by Crippen LogP contribution is -2.30. The van der Waals surface area contributed by atoms with Crippen molar-refractivity contribution in [2.75, 3.05) is 0 Å². The molecule has 24 heavy (non-hydrogen) atoms. The van der Waals surface area contributed by atoms with Crippen LogP contribution in [0.15, 0.2) is 66.7 Å². The van der Waals surface area contributed by atoms with Crippen molar-refractivity contribution in [1.82, 2.24) is 5.43 Å². The smallest absolute Gasteiger partial charge is 0.269 e. The van der Waals surface area contributed by atoms with E-state index in [0.29, 0.717) is 10.6 Å². The Bertz CT molecular complexity index is 878. The van der Waals surface area contributed by atoms with Crippen LogP contribution < -0.4 is 11.3 Å². The molecule has 0 atom stereocenters. The van der Waals surface area contributed by atoms with Gasteiger partial charge in [0.1, 0.15) is 5.75 Å². The fraction of sp³-hybridized carbons (Fsp3) is 0. The predicted molar refractivity (Wildman–Crippen MR) is 95.6 cm³/mol. The highest BCUT2D eigenvalue weighted by molar-refractivity contribution is 6.30. The molecular weight excluding hydrogens is 324 g/mol. The number of phenols is 1. The minimum Gasteiger partial charge on any atom is -0.507 e. The predicted octanol–water partition coefficient (Wildman–Crippen LogP) is 3.98. The van der Waals surface area contributed by atoms with Crippen LogP contribution in [0.1, 0.15) is 10.4 Å². The highest BCUT2D eigenvalue weighted by Gasteiger charge is 2.19. The quantitative estimate of drug-likeness (QED) is 0.384. The van der Waals surface area contributed by atoms with Gasteiger partial charge in [-0.1, -0.05) is 54.1 Å². The van der Waals surface area contributed by atoms with E-state index >= 15 is 0 Å². The number of phenolic OH excluding ortho intramolecular Hbond substituents is 1. The summed E-state index contributed by atoms with van der Waals surface area (Å²) in [4.78, 5) is 12.1. The molecular formula is C19H15ClN2O2. The number of carbonyl (C=O) groups is 1. The second-order valence-corrected chi connectivity index (χ2v) is 5.70. The zero-order chi connectivity index (χ0) is 17.1. The van der Waals surface area contributed by atoms with Crippen molar-refractivity contribution in [3.8, 4) is 28.0 Å². The molecule has 0 saturated heterocycles. The fourth-order valence-electron chi connectivity index (χ4n) is 2.59. The molecule has 0 aromatic heterocycles. The van der Waals surface area contributed by atoms with Crippen LogP contribution in [0.4, 0.5) is 0 Å². The van der Waals surface area contributed by atoms with Gasteiger partial charge in [-0.3, -0.25) is 10.2 Å². The Morgan fingerprint density at radius 1 is 0.917 bits per heavy atom. The first-order chi connectivity index (χ1) is 11.6. The summed E-state index contributed by atoms with van der Waals surface area (Å²) in [5.74, 6) is 4.57. The largest absolute Gasteiger partial charge is 0.507 e. The molecule has 3 aromatic rings. The normalized spacial score (nSPS) is 10.4. The second-order valence-electron chi connectivity index (χ2n) is 5.26. The van der Waals surface area contributed by atoms with Crippen molar-refractivity contribution in [2.45, 2.75) is 0 Å². The number of rotatable bonds is 3. The number of nitrogens with two attached hydrogens (primary N) is 1. The molecule has 0 aliphatic heterocycles. The maximum Gasteiger partial charge on any atom is 0.269 e. The molecule has 0 aliphatic carbocycles. The number of carbonyl (C=O) groups excluding carboxylic acids is 1. The Kier molecular flexibility index (Phi) is 4.51. The van der Waals surface area contributed by atoms with E-state index in [9.17, 15) is 9.90 Å². The van der Waals surface area contributed by atoms with E-state index in [2.05, 4.69) is 5.43 Å². The van der Waals surface area contributed by atoms with Crippen molar-refractivity contribution >= 4 is 17.5 Å². The van der Waals surface area contributed by atoms with Crippen LogP contribution in [0.3, 0.4) is 0 Å². The fourth-order valence-corrected chi connectivity index (χ4v) is 2.72.